The molecule has 0 aliphatic heterocycles. The van der Waals surface area contributed by atoms with Crippen molar-refractivity contribution in [3.05, 3.63) is 54.2 Å². The van der Waals surface area contributed by atoms with Crippen LogP contribution in [0.3, 0.4) is 0 Å². The topological polar surface area (TPSA) is 47.3 Å². The first-order valence-corrected chi connectivity index (χ1v) is 6.15. The average Bonchev–Trinajstić information content (AvgIpc) is 2.92. The van der Waals surface area contributed by atoms with E-state index in [-0.39, 0.29) is 0 Å². The molecule has 0 radical (unpaired) electrons. The first-order valence-electron chi connectivity index (χ1n) is 6.15. The molecule has 18 heavy (non-hydrogen) atoms. The number of nitrogens with zero attached hydrogens (tertiary/aromatic N) is 1. The fraction of sp³-hybridized carbons (Fsp3) is 0.357. The van der Waals surface area contributed by atoms with Crippen LogP contribution in [0.25, 0.3) is 0 Å². The molecule has 2 aromatic rings. The maximum Gasteiger partial charge on any atom is 0.129 e. The molecule has 0 spiro atoms. The fourth-order valence-corrected chi connectivity index (χ4v) is 1.60. The van der Waals surface area contributed by atoms with E-state index in [1.807, 2.05) is 24.4 Å². The van der Waals surface area contributed by atoms with Crippen LogP contribution in [0.1, 0.15) is 17.7 Å². The Labute approximate surface area is 107 Å². The van der Waals surface area contributed by atoms with Gasteiger partial charge in [-0.25, -0.2) is 0 Å². The molecule has 0 fully saturated rings. The van der Waals surface area contributed by atoms with E-state index in [9.17, 15) is 0 Å². The molecule has 0 aliphatic carbocycles. The van der Waals surface area contributed by atoms with E-state index in [1.54, 1.807) is 12.5 Å². The summed E-state index contributed by atoms with van der Waals surface area (Å²) < 4.78 is 10.7. The van der Waals surface area contributed by atoms with Gasteiger partial charge >= 0.3 is 0 Å². The van der Waals surface area contributed by atoms with Crippen LogP contribution < -0.4 is 5.32 Å². The second-order valence-corrected chi connectivity index (χ2v) is 4.02. The summed E-state index contributed by atoms with van der Waals surface area (Å²) in [6, 6.07) is 7.80. The van der Waals surface area contributed by atoms with Crippen LogP contribution in [-0.4, -0.2) is 18.1 Å². The van der Waals surface area contributed by atoms with E-state index < -0.39 is 0 Å². The molecule has 0 aliphatic rings. The third-order valence-corrected chi connectivity index (χ3v) is 2.52. The molecule has 0 aromatic carbocycles. The van der Waals surface area contributed by atoms with Crippen molar-refractivity contribution in [2.75, 3.05) is 13.2 Å². The van der Waals surface area contributed by atoms with Crippen molar-refractivity contribution >= 4 is 0 Å². The zero-order valence-electron chi connectivity index (χ0n) is 10.3. The second-order valence-electron chi connectivity index (χ2n) is 4.02. The van der Waals surface area contributed by atoms with Gasteiger partial charge in [-0.15, -0.1) is 0 Å². The third kappa shape index (κ3) is 4.69. The Morgan fingerprint density at radius 2 is 2.28 bits per heavy atom. The summed E-state index contributed by atoms with van der Waals surface area (Å²) in [5.41, 5.74) is 1.20. The highest BCUT2D eigenvalue weighted by molar-refractivity contribution is 5.07. The molecule has 2 aromatic heterocycles. The molecular weight excluding hydrogens is 228 g/mol. The summed E-state index contributed by atoms with van der Waals surface area (Å²) in [6.07, 6.45) is 6.31. The number of rotatable bonds is 8. The van der Waals surface area contributed by atoms with Gasteiger partial charge in [0, 0.05) is 25.5 Å². The molecular formula is C14H18N2O2. The summed E-state index contributed by atoms with van der Waals surface area (Å²) in [6.45, 7) is 3.08. The monoisotopic (exact) mass is 246 g/mol. The van der Waals surface area contributed by atoms with Crippen molar-refractivity contribution < 1.29 is 9.15 Å². The third-order valence-electron chi connectivity index (χ3n) is 2.52. The summed E-state index contributed by atoms with van der Waals surface area (Å²) in [4.78, 5) is 4.07. The number of aromatic nitrogens is 1. The molecule has 0 bridgehead atoms. The maximum atomic E-state index is 5.48. The Morgan fingerprint density at radius 1 is 1.28 bits per heavy atom. The number of furan rings is 1. The highest BCUT2D eigenvalue weighted by atomic mass is 16.5. The van der Waals surface area contributed by atoms with Gasteiger partial charge in [-0.3, -0.25) is 4.98 Å². The van der Waals surface area contributed by atoms with Gasteiger partial charge < -0.3 is 14.5 Å². The molecule has 0 atom stereocenters. The highest BCUT2D eigenvalue weighted by Crippen LogP contribution is 2.01. The number of hydrogen-bond donors (Lipinski definition) is 1. The Bertz CT molecular complexity index is 415. The van der Waals surface area contributed by atoms with Gasteiger partial charge in [0.05, 0.1) is 6.26 Å². The zero-order chi connectivity index (χ0) is 12.5. The van der Waals surface area contributed by atoms with Crippen LogP contribution in [0.5, 0.6) is 0 Å². The van der Waals surface area contributed by atoms with Crippen LogP contribution in [0, 0.1) is 0 Å². The van der Waals surface area contributed by atoms with E-state index in [1.165, 1.54) is 5.56 Å². The molecule has 1 N–H and O–H groups in total. The van der Waals surface area contributed by atoms with Crippen LogP contribution in [0.15, 0.2) is 47.3 Å². The predicted octanol–water partition coefficient (Wildman–Crippen LogP) is 2.37. The van der Waals surface area contributed by atoms with Crippen molar-refractivity contribution in [1.29, 1.82) is 0 Å². The van der Waals surface area contributed by atoms with Crippen molar-refractivity contribution in [2.45, 2.75) is 19.6 Å². The lowest BCUT2D eigenvalue weighted by molar-refractivity contribution is 0.104. The van der Waals surface area contributed by atoms with Gasteiger partial charge in [-0.1, -0.05) is 6.07 Å². The zero-order valence-corrected chi connectivity index (χ0v) is 10.3. The van der Waals surface area contributed by atoms with Crippen molar-refractivity contribution in [3.8, 4) is 0 Å². The molecule has 0 saturated carbocycles. The van der Waals surface area contributed by atoms with E-state index in [2.05, 4.69) is 16.4 Å². The first-order chi connectivity index (χ1) is 8.95. The van der Waals surface area contributed by atoms with Crippen LogP contribution in [0.4, 0.5) is 0 Å². The number of hydrogen-bond acceptors (Lipinski definition) is 4. The van der Waals surface area contributed by atoms with Crippen molar-refractivity contribution in [2.24, 2.45) is 0 Å². The lowest BCUT2D eigenvalue weighted by atomic mass is 10.3. The molecule has 0 saturated heterocycles. The predicted molar refractivity (Wildman–Crippen MR) is 68.9 cm³/mol. The van der Waals surface area contributed by atoms with Crippen LogP contribution >= 0.6 is 0 Å². The molecule has 4 heteroatoms. The lowest BCUT2D eigenvalue weighted by Crippen LogP contribution is -2.16. The molecule has 2 rings (SSSR count). The van der Waals surface area contributed by atoms with E-state index in [0.717, 1.165) is 31.9 Å². The molecule has 96 valence electrons. The fourth-order valence-electron chi connectivity index (χ4n) is 1.60. The SMILES string of the molecule is c1cncc(CNCCCOCc2ccco2)c1. The average molecular weight is 246 g/mol. The molecule has 4 nitrogen and oxygen atoms in total. The van der Waals surface area contributed by atoms with E-state index in [0.29, 0.717) is 6.61 Å². The number of pyridine rings is 1. The summed E-state index contributed by atoms with van der Waals surface area (Å²) in [7, 11) is 0. The van der Waals surface area contributed by atoms with Crippen LogP contribution in [-0.2, 0) is 17.9 Å². The van der Waals surface area contributed by atoms with Gasteiger partial charge in [0.2, 0.25) is 0 Å². The van der Waals surface area contributed by atoms with E-state index >= 15 is 0 Å². The van der Waals surface area contributed by atoms with Gasteiger partial charge in [0.25, 0.3) is 0 Å². The normalized spacial score (nSPS) is 10.7. The lowest BCUT2D eigenvalue weighted by Gasteiger charge is -2.05. The van der Waals surface area contributed by atoms with Crippen LogP contribution in [0.2, 0.25) is 0 Å². The smallest absolute Gasteiger partial charge is 0.129 e. The molecule has 0 amide bonds. The van der Waals surface area contributed by atoms with Crippen molar-refractivity contribution in [1.82, 2.24) is 10.3 Å². The summed E-state index contributed by atoms with van der Waals surface area (Å²) in [5.74, 6) is 0.873. The van der Waals surface area contributed by atoms with Crippen molar-refractivity contribution in [3.63, 3.8) is 0 Å². The minimum atomic E-state index is 0.551. The number of ether oxygens (including phenoxy) is 1. The minimum absolute atomic E-state index is 0.551. The molecule has 2 heterocycles. The maximum absolute atomic E-state index is 5.48. The Balaban J connectivity index is 1.47. The largest absolute Gasteiger partial charge is 0.467 e. The van der Waals surface area contributed by atoms with Gasteiger partial charge in [0.15, 0.2) is 0 Å². The minimum Gasteiger partial charge on any atom is -0.467 e. The molecule has 0 unspecified atom stereocenters. The van der Waals surface area contributed by atoms with Gasteiger partial charge in [-0.2, -0.15) is 0 Å². The Kier molecular flexibility index (Phi) is 5.43. The summed E-state index contributed by atoms with van der Waals surface area (Å²) in [5, 5.41) is 3.35. The quantitative estimate of drug-likeness (QED) is 0.726. The Hall–Kier alpha value is -1.65. The standard InChI is InChI=1S/C14H18N2O2/c1-4-13(10-15-6-1)11-16-7-3-8-17-12-14-5-2-9-18-14/h1-2,4-6,9-10,16H,3,7-8,11-12H2. The Morgan fingerprint density at radius 3 is 3.06 bits per heavy atom. The van der Waals surface area contributed by atoms with E-state index in [4.69, 9.17) is 9.15 Å². The highest BCUT2D eigenvalue weighted by Gasteiger charge is 1.95. The van der Waals surface area contributed by atoms with Gasteiger partial charge in [0.1, 0.15) is 12.4 Å². The second kappa shape index (κ2) is 7.63. The number of nitrogens with one attached hydrogen (secondary N) is 1. The summed E-state index contributed by atoms with van der Waals surface area (Å²) >= 11 is 0. The first kappa shape index (κ1) is 12.8. The van der Waals surface area contributed by atoms with Gasteiger partial charge in [-0.05, 0) is 36.7 Å².